The van der Waals surface area contributed by atoms with Crippen molar-refractivity contribution in [2.45, 2.75) is 12.1 Å². The van der Waals surface area contributed by atoms with Crippen LogP contribution in [0.4, 0.5) is 0 Å². The van der Waals surface area contributed by atoms with Crippen LogP contribution in [0.2, 0.25) is 5.02 Å². The number of halogens is 3. The Morgan fingerprint density at radius 2 is 1.67 bits per heavy atom. The van der Waals surface area contributed by atoms with Crippen molar-refractivity contribution in [3.63, 3.8) is 0 Å². The monoisotopic (exact) mass is 575 g/mol. The summed E-state index contributed by atoms with van der Waals surface area (Å²) in [6.45, 7) is 3.31. The fraction of sp³-hybridized carbons (Fsp3) is 0.400. The highest BCUT2D eigenvalue weighted by molar-refractivity contribution is 9.13. The highest BCUT2D eigenvalue weighted by atomic mass is 79.9. The Hall–Kier alpha value is -0.970. The maximum atomic E-state index is 12.8. The second-order valence-electron chi connectivity index (χ2n) is 7.41. The molecule has 6 nitrogen and oxygen atoms in total. The van der Waals surface area contributed by atoms with Crippen LogP contribution in [0.15, 0.2) is 38.6 Å². The van der Waals surface area contributed by atoms with E-state index in [2.05, 4.69) is 36.8 Å². The third-order valence-electron chi connectivity index (χ3n) is 5.56. The predicted octanol–water partition coefficient (Wildman–Crippen LogP) is 3.57. The quantitative estimate of drug-likeness (QED) is 0.606. The first-order chi connectivity index (χ1) is 14.3. The molecule has 0 aliphatic carbocycles. The molecular formula is C20H20Br2ClN3O3S. The van der Waals surface area contributed by atoms with Gasteiger partial charge in [0.25, 0.3) is 11.8 Å². The molecule has 0 radical (unpaired) electrons. The molecular weight excluding hydrogens is 558 g/mol. The van der Waals surface area contributed by atoms with Crippen LogP contribution >= 0.6 is 54.8 Å². The Morgan fingerprint density at radius 1 is 1.00 bits per heavy atom. The predicted molar refractivity (Wildman–Crippen MR) is 124 cm³/mol. The van der Waals surface area contributed by atoms with Gasteiger partial charge in [0.2, 0.25) is 0 Å². The average molecular weight is 578 g/mol. The zero-order valence-electron chi connectivity index (χ0n) is 15.9. The standard InChI is InChI=1S/C20H20Br2ClN3O3S/c21-14-9-17(30-18(14)22)20(29)26-10-15(16(27)11-26)24-5-7-25(8-6-24)19(28)12-1-3-13(23)4-2-12/h1-4,9,15-16,27H,5-8,10-11H2. The van der Waals surface area contributed by atoms with Crippen LogP contribution in [0.25, 0.3) is 0 Å². The lowest BCUT2D eigenvalue weighted by atomic mass is 10.1. The molecule has 2 unspecified atom stereocenters. The number of hydrogen-bond donors (Lipinski definition) is 1. The minimum atomic E-state index is -0.598. The number of carbonyl (C=O) groups is 2. The molecule has 30 heavy (non-hydrogen) atoms. The molecule has 2 aliphatic heterocycles. The molecule has 10 heteroatoms. The molecule has 4 rings (SSSR count). The summed E-state index contributed by atoms with van der Waals surface area (Å²) in [7, 11) is 0. The van der Waals surface area contributed by atoms with E-state index in [9.17, 15) is 14.7 Å². The number of carbonyl (C=O) groups excluding carboxylic acids is 2. The van der Waals surface area contributed by atoms with Crippen LogP contribution in [-0.2, 0) is 0 Å². The lowest BCUT2D eigenvalue weighted by Crippen LogP contribution is -2.54. The summed E-state index contributed by atoms with van der Waals surface area (Å²) in [6, 6.07) is 8.60. The van der Waals surface area contributed by atoms with E-state index >= 15 is 0 Å². The Morgan fingerprint density at radius 3 is 2.27 bits per heavy atom. The largest absolute Gasteiger partial charge is 0.390 e. The van der Waals surface area contributed by atoms with Gasteiger partial charge in [-0.1, -0.05) is 11.6 Å². The molecule has 3 heterocycles. The minimum absolute atomic E-state index is 0.0102. The molecule has 2 amide bonds. The van der Waals surface area contributed by atoms with Crippen LogP contribution in [0, 0.1) is 0 Å². The zero-order valence-corrected chi connectivity index (χ0v) is 20.7. The normalized spacial score (nSPS) is 22.5. The number of hydrogen-bond acceptors (Lipinski definition) is 5. The second-order valence-corrected chi connectivity index (χ2v) is 11.1. The van der Waals surface area contributed by atoms with Gasteiger partial charge in [0.05, 0.1) is 20.8 Å². The summed E-state index contributed by atoms with van der Waals surface area (Å²) in [4.78, 5) is 31.9. The van der Waals surface area contributed by atoms with Gasteiger partial charge in [-0.25, -0.2) is 0 Å². The summed E-state index contributed by atoms with van der Waals surface area (Å²) >= 11 is 14.1. The van der Waals surface area contributed by atoms with Crippen molar-refractivity contribution in [2.75, 3.05) is 39.3 Å². The van der Waals surface area contributed by atoms with Crippen molar-refractivity contribution in [3.8, 4) is 0 Å². The van der Waals surface area contributed by atoms with Crippen LogP contribution in [0.1, 0.15) is 20.0 Å². The number of piperazine rings is 1. The Labute approximate surface area is 200 Å². The highest BCUT2D eigenvalue weighted by Gasteiger charge is 2.39. The summed E-state index contributed by atoms with van der Waals surface area (Å²) < 4.78 is 1.73. The van der Waals surface area contributed by atoms with Crippen LogP contribution in [0.5, 0.6) is 0 Å². The van der Waals surface area contributed by atoms with Gasteiger partial charge < -0.3 is 14.9 Å². The second kappa shape index (κ2) is 9.26. The number of β-amino-alcohol motifs (C(OH)–C–C–N with tert-alkyl or cyclic N) is 1. The van der Waals surface area contributed by atoms with E-state index in [1.807, 2.05) is 4.90 Å². The highest BCUT2D eigenvalue weighted by Crippen LogP contribution is 2.33. The first-order valence-corrected chi connectivity index (χ1v) is 12.3. The summed E-state index contributed by atoms with van der Waals surface area (Å²) in [6.07, 6.45) is -0.598. The van der Waals surface area contributed by atoms with Gasteiger partial charge in [0.15, 0.2) is 0 Å². The fourth-order valence-electron chi connectivity index (χ4n) is 3.93. The third-order valence-corrected chi connectivity index (χ3v) is 9.06. The Balaban J connectivity index is 1.35. The molecule has 2 saturated heterocycles. The van der Waals surface area contributed by atoms with Crippen molar-refractivity contribution in [1.29, 1.82) is 0 Å². The molecule has 1 N–H and O–H groups in total. The maximum Gasteiger partial charge on any atom is 0.264 e. The lowest BCUT2D eigenvalue weighted by Gasteiger charge is -2.38. The van der Waals surface area contributed by atoms with Gasteiger partial charge in [-0.3, -0.25) is 14.5 Å². The molecule has 0 bridgehead atoms. The number of aliphatic hydroxyl groups excluding tert-OH is 1. The molecule has 2 atom stereocenters. The van der Waals surface area contributed by atoms with Crippen LogP contribution < -0.4 is 0 Å². The molecule has 0 spiro atoms. The summed E-state index contributed by atoms with van der Waals surface area (Å²) in [5.74, 6) is -0.0755. The molecule has 160 valence electrons. The van der Waals surface area contributed by atoms with E-state index in [0.29, 0.717) is 54.7 Å². The van der Waals surface area contributed by atoms with Gasteiger partial charge in [0.1, 0.15) is 0 Å². The van der Waals surface area contributed by atoms with E-state index in [0.717, 1.165) is 8.26 Å². The molecule has 1 aromatic heterocycles. The molecule has 2 fully saturated rings. The van der Waals surface area contributed by atoms with E-state index in [1.165, 1.54) is 11.3 Å². The van der Waals surface area contributed by atoms with Crippen LogP contribution in [-0.4, -0.2) is 83.0 Å². The van der Waals surface area contributed by atoms with Crippen molar-refractivity contribution >= 4 is 66.6 Å². The van der Waals surface area contributed by atoms with E-state index < -0.39 is 6.10 Å². The smallest absolute Gasteiger partial charge is 0.264 e. The van der Waals surface area contributed by atoms with Gasteiger partial charge in [-0.2, -0.15) is 0 Å². The van der Waals surface area contributed by atoms with Gasteiger partial charge in [-0.05, 0) is 62.2 Å². The van der Waals surface area contributed by atoms with Crippen molar-refractivity contribution in [2.24, 2.45) is 0 Å². The van der Waals surface area contributed by atoms with Crippen molar-refractivity contribution < 1.29 is 14.7 Å². The topological polar surface area (TPSA) is 64.1 Å². The number of rotatable bonds is 3. The lowest BCUT2D eigenvalue weighted by molar-refractivity contribution is 0.0376. The molecule has 0 saturated carbocycles. The molecule has 2 aliphatic rings. The number of amides is 2. The number of aliphatic hydroxyl groups is 1. The maximum absolute atomic E-state index is 12.8. The van der Waals surface area contributed by atoms with Crippen LogP contribution in [0.3, 0.4) is 0 Å². The first kappa shape index (κ1) is 22.2. The van der Waals surface area contributed by atoms with Crippen molar-refractivity contribution in [1.82, 2.24) is 14.7 Å². The Bertz CT molecular complexity index is 928. The molecule has 1 aromatic carbocycles. The van der Waals surface area contributed by atoms with Gasteiger partial charge in [0, 0.05) is 54.3 Å². The minimum Gasteiger partial charge on any atom is -0.390 e. The zero-order chi connectivity index (χ0) is 21.4. The summed E-state index contributed by atoms with van der Waals surface area (Å²) in [5.41, 5.74) is 0.624. The van der Waals surface area contributed by atoms with Gasteiger partial charge in [-0.15, -0.1) is 11.3 Å². The molecule has 2 aromatic rings. The average Bonchev–Trinajstić information content (AvgIpc) is 3.30. The Kier molecular flexibility index (Phi) is 6.86. The van der Waals surface area contributed by atoms with Crippen molar-refractivity contribution in [3.05, 3.63) is 54.1 Å². The summed E-state index contributed by atoms with van der Waals surface area (Å²) in [5, 5.41) is 11.2. The first-order valence-electron chi connectivity index (χ1n) is 9.54. The fourth-order valence-corrected chi connectivity index (χ4v) is 6.06. The number of likely N-dealkylation sites (tertiary alicyclic amines) is 1. The van der Waals surface area contributed by atoms with E-state index in [-0.39, 0.29) is 17.9 Å². The van der Waals surface area contributed by atoms with E-state index in [1.54, 1.807) is 35.2 Å². The van der Waals surface area contributed by atoms with E-state index in [4.69, 9.17) is 11.6 Å². The SMILES string of the molecule is O=C(c1ccc(Cl)cc1)N1CCN(C2CN(C(=O)c3cc(Br)c(Br)s3)CC2O)CC1. The number of benzene rings is 1. The third kappa shape index (κ3) is 4.61. The number of thiophene rings is 1. The number of nitrogens with zero attached hydrogens (tertiary/aromatic N) is 3. The van der Waals surface area contributed by atoms with Gasteiger partial charge >= 0.3 is 0 Å².